The normalized spacial score (nSPS) is 17.4. The van der Waals surface area contributed by atoms with Gasteiger partial charge in [-0.3, -0.25) is 4.68 Å². The van der Waals surface area contributed by atoms with E-state index in [-0.39, 0.29) is 12.4 Å². The number of aliphatic hydroxyl groups excluding tert-OH is 2. The zero-order valence-corrected chi connectivity index (χ0v) is 21.2. The van der Waals surface area contributed by atoms with Crippen LogP contribution in [0.2, 0.25) is 0 Å². The highest BCUT2D eigenvalue weighted by Gasteiger charge is 2.29. The van der Waals surface area contributed by atoms with Gasteiger partial charge < -0.3 is 20.4 Å². The summed E-state index contributed by atoms with van der Waals surface area (Å²) in [5.74, 6) is 0.411. The number of hydrogen-bond acceptors (Lipinski definition) is 6. The number of rotatable bonds is 8. The van der Waals surface area contributed by atoms with E-state index in [1.54, 1.807) is 18.6 Å². The summed E-state index contributed by atoms with van der Waals surface area (Å²) in [6.07, 6.45) is 5.54. The molecule has 0 amide bonds. The van der Waals surface area contributed by atoms with Gasteiger partial charge in [-0.05, 0) is 52.9 Å². The van der Waals surface area contributed by atoms with Gasteiger partial charge in [0.15, 0.2) is 0 Å². The van der Waals surface area contributed by atoms with E-state index in [0.29, 0.717) is 18.9 Å². The lowest BCUT2D eigenvalue weighted by atomic mass is 10.1. The van der Waals surface area contributed by atoms with Crippen molar-refractivity contribution >= 4 is 38.4 Å². The van der Waals surface area contributed by atoms with Crippen LogP contribution < -0.4 is 5.32 Å². The Kier molecular flexibility index (Phi) is 6.63. The minimum atomic E-state index is -0.884. The summed E-state index contributed by atoms with van der Waals surface area (Å²) in [7, 11) is -0.673. The Balaban J connectivity index is 1.28. The highest BCUT2D eigenvalue weighted by atomic mass is 32.2. The van der Waals surface area contributed by atoms with Gasteiger partial charge in [0.1, 0.15) is 17.1 Å². The number of halogens is 1. The van der Waals surface area contributed by atoms with Crippen LogP contribution in [-0.2, 0) is 13.1 Å². The molecular weight excluding hydrogens is 501 g/mol. The van der Waals surface area contributed by atoms with Crippen molar-refractivity contribution in [2.75, 3.05) is 11.9 Å². The van der Waals surface area contributed by atoms with Gasteiger partial charge in [0.25, 0.3) is 0 Å². The van der Waals surface area contributed by atoms with Crippen LogP contribution >= 0.6 is 10.5 Å². The van der Waals surface area contributed by atoms with Crippen molar-refractivity contribution in [3.63, 3.8) is 0 Å². The number of aliphatic imine (C=N–C) groups is 1. The molecule has 2 aliphatic heterocycles. The van der Waals surface area contributed by atoms with Crippen LogP contribution in [0, 0.1) is 5.82 Å². The summed E-state index contributed by atoms with van der Waals surface area (Å²) in [6, 6.07) is 22.6. The molecule has 2 aliphatic rings. The molecule has 192 valence electrons. The maximum absolute atomic E-state index is 13.6. The van der Waals surface area contributed by atoms with Crippen molar-refractivity contribution in [3.8, 4) is 0 Å². The van der Waals surface area contributed by atoms with Crippen molar-refractivity contribution in [3.05, 3.63) is 119 Å². The molecule has 1 aromatic heterocycles. The van der Waals surface area contributed by atoms with Gasteiger partial charge in [-0.2, -0.15) is 5.10 Å². The standard InChI is InChI=1S/C29H26FN5O2S/c30-23-8-4-7-21(13-23)17-35-26-10-9-24(14-22(26)15-32-35)33-28-25-11-12-38(27(37)18-36)29(25)34(19-31-28)16-20-5-2-1-3-6-20/h1-15,19,27,33,36-37H,16-18H2/t27-,38?/m0/s1. The van der Waals surface area contributed by atoms with Crippen molar-refractivity contribution in [1.29, 1.82) is 0 Å². The zero-order chi connectivity index (χ0) is 26.1. The van der Waals surface area contributed by atoms with E-state index < -0.39 is 15.9 Å². The maximum atomic E-state index is 13.6. The van der Waals surface area contributed by atoms with Gasteiger partial charge >= 0.3 is 0 Å². The number of nitrogens with zero attached hydrogens (tertiary/aromatic N) is 4. The van der Waals surface area contributed by atoms with E-state index in [4.69, 9.17) is 4.99 Å². The molecule has 0 saturated carbocycles. The van der Waals surface area contributed by atoms with Gasteiger partial charge in [0.05, 0.1) is 36.2 Å². The summed E-state index contributed by atoms with van der Waals surface area (Å²) >= 11 is 0. The predicted molar refractivity (Wildman–Crippen MR) is 151 cm³/mol. The topological polar surface area (TPSA) is 85.9 Å². The summed E-state index contributed by atoms with van der Waals surface area (Å²) < 4.78 is 15.5. The molecule has 0 saturated heterocycles. The third-order valence-electron chi connectivity index (χ3n) is 6.45. The average Bonchev–Trinajstić information content (AvgIpc) is 3.55. The Labute approximate surface area is 221 Å². The zero-order valence-electron chi connectivity index (χ0n) is 20.4. The van der Waals surface area contributed by atoms with Gasteiger partial charge in [0.2, 0.25) is 0 Å². The lowest BCUT2D eigenvalue weighted by molar-refractivity contribution is 0.160. The van der Waals surface area contributed by atoms with Gasteiger partial charge in [-0.1, -0.05) is 42.5 Å². The van der Waals surface area contributed by atoms with Gasteiger partial charge in [0, 0.05) is 23.2 Å². The number of fused-ring (bicyclic) bond motifs is 2. The van der Waals surface area contributed by atoms with Crippen molar-refractivity contribution in [1.82, 2.24) is 14.7 Å². The minimum Gasteiger partial charge on any atom is -0.393 e. The highest BCUT2D eigenvalue weighted by Crippen LogP contribution is 2.37. The molecule has 3 heterocycles. The number of benzene rings is 3. The van der Waals surface area contributed by atoms with E-state index in [1.807, 2.05) is 63.5 Å². The molecule has 7 nitrogen and oxygen atoms in total. The molecule has 38 heavy (non-hydrogen) atoms. The van der Waals surface area contributed by atoms with Crippen LogP contribution in [0.4, 0.5) is 10.1 Å². The van der Waals surface area contributed by atoms with E-state index >= 15 is 0 Å². The molecule has 0 radical (unpaired) electrons. The number of hydrogen-bond donors (Lipinski definition) is 3. The van der Waals surface area contributed by atoms with E-state index in [2.05, 4.69) is 22.5 Å². The SMILES string of the molecule is OC[C@@H](O)S1=C2C(=C(Nc3ccc4c(cnn4Cc4cccc(F)c4)c3)N=CN2Cc2ccccc2)C=C1. The summed E-state index contributed by atoms with van der Waals surface area (Å²) in [6.45, 7) is 0.763. The molecule has 0 aliphatic carbocycles. The molecule has 9 heteroatoms. The fraction of sp³-hybridized carbons (Fsp3) is 0.138. The molecule has 0 fully saturated rings. The number of aliphatic hydroxyl groups is 2. The lowest BCUT2D eigenvalue weighted by Gasteiger charge is -2.29. The second kappa shape index (κ2) is 10.4. The monoisotopic (exact) mass is 527 g/mol. The van der Waals surface area contributed by atoms with E-state index in [1.165, 1.54) is 12.1 Å². The van der Waals surface area contributed by atoms with E-state index in [9.17, 15) is 14.6 Å². The smallest absolute Gasteiger partial charge is 0.142 e. The van der Waals surface area contributed by atoms with E-state index in [0.717, 1.165) is 38.3 Å². The second-order valence-corrected chi connectivity index (χ2v) is 11.0. The molecular formula is C29H26FN5O2S. The van der Waals surface area contributed by atoms with Crippen molar-refractivity contribution in [2.45, 2.75) is 18.5 Å². The van der Waals surface area contributed by atoms with Crippen LogP contribution in [0.1, 0.15) is 11.1 Å². The van der Waals surface area contributed by atoms with Crippen LogP contribution in [-0.4, -0.2) is 48.3 Å². The Hall–Kier alpha value is -4.05. The van der Waals surface area contributed by atoms with Gasteiger partial charge in [-0.15, -0.1) is 10.5 Å². The summed E-state index contributed by atoms with van der Waals surface area (Å²) in [5.41, 5.74) is 3.76. The van der Waals surface area contributed by atoms with Crippen LogP contribution in [0.15, 0.2) is 107 Å². The molecule has 1 unspecified atom stereocenters. The first kappa shape index (κ1) is 24.3. The Morgan fingerprint density at radius 3 is 2.63 bits per heavy atom. The summed E-state index contributed by atoms with van der Waals surface area (Å²) in [4.78, 5) is 7.68. The van der Waals surface area contributed by atoms with Crippen molar-refractivity contribution in [2.24, 2.45) is 4.99 Å². The quantitative estimate of drug-likeness (QED) is 0.291. The lowest BCUT2D eigenvalue weighted by Crippen LogP contribution is -2.34. The molecule has 2 atom stereocenters. The van der Waals surface area contributed by atoms with Crippen LogP contribution in [0.3, 0.4) is 0 Å². The number of nitrogens with one attached hydrogen (secondary N) is 1. The fourth-order valence-corrected chi connectivity index (χ4v) is 6.46. The first-order valence-electron chi connectivity index (χ1n) is 12.2. The largest absolute Gasteiger partial charge is 0.393 e. The third kappa shape index (κ3) is 4.79. The molecule has 3 N–H and O–H groups in total. The highest BCUT2D eigenvalue weighted by molar-refractivity contribution is 8.19. The molecule has 6 rings (SSSR count). The average molecular weight is 528 g/mol. The second-order valence-electron chi connectivity index (χ2n) is 9.07. The first-order valence-corrected chi connectivity index (χ1v) is 13.6. The van der Waals surface area contributed by atoms with Crippen LogP contribution in [0.25, 0.3) is 10.9 Å². The molecule has 0 bridgehead atoms. The fourth-order valence-electron chi connectivity index (χ4n) is 4.65. The molecule has 0 spiro atoms. The Morgan fingerprint density at radius 1 is 0.974 bits per heavy atom. The molecule has 3 aromatic carbocycles. The third-order valence-corrected chi connectivity index (χ3v) is 8.51. The Morgan fingerprint density at radius 2 is 1.82 bits per heavy atom. The predicted octanol–water partition coefficient (Wildman–Crippen LogP) is 4.63. The van der Waals surface area contributed by atoms with Crippen molar-refractivity contribution < 1.29 is 14.6 Å². The maximum Gasteiger partial charge on any atom is 0.142 e. The van der Waals surface area contributed by atoms with Gasteiger partial charge in [-0.25, -0.2) is 9.38 Å². The number of anilines is 1. The number of aromatic nitrogens is 2. The first-order chi connectivity index (χ1) is 18.6. The Bertz CT molecular complexity index is 1630. The van der Waals surface area contributed by atoms with Crippen LogP contribution in [0.5, 0.6) is 0 Å². The minimum absolute atomic E-state index is 0.262. The molecule has 4 aromatic rings. The summed E-state index contributed by atoms with van der Waals surface area (Å²) in [5, 5.41) is 31.0.